The average Bonchev–Trinajstić information content (AvgIpc) is 3.07. The molecule has 250 valence electrons. The van der Waals surface area contributed by atoms with E-state index in [-0.39, 0.29) is 17.0 Å². The molecule has 4 aromatic rings. The molecule has 1 amide bonds. The van der Waals surface area contributed by atoms with Gasteiger partial charge in [-0.15, -0.1) is 0 Å². The lowest BCUT2D eigenvalue weighted by molar-refractivity contribution is -0.138. The molecule has 1 aliphatic heterocycles. The van der Waals surface area contributed by atoms with Crippen LogP contribution in [0.15, 0.2) is 48.9 Å². The highest BCUT2D eigenvalue weighted by Gasteiger charge is 2.34. The van der Waals surface area contributed by atoms with Gasteiger partial charge in [-0.25, -0.2) is 19.9 Å². The summed E-state index contributed by atoms with van der Waals surface area (Å²) in [6, 6.07) is 8.35. The van der Waals surface area contributed by atoms with Crippen molar-refractivity contribution in [1.29, 1.82) is 0 Å². The first-order valence-corrected chi connectivity index (χ1v) is 15.7. The van der Waals surface area contributed by atoms with E-state index >= 15 is 0 Å². The van der Waals surface area contributed by atoms with E-state index in [0.29, 0.717) is 28.5 Å². The number of methoxy groups -OCH3 is 1. The fourth-order valence-corrected chi connectivity index (χ4v) is 5.55. The Kier molecular flexibility index (Phi) is 10.7. The Hall–Kier alpha value is -4.56. The number of fused-ring (bicyclic) bond motifs is 1. The van der Waals surface area contributed by atoms with Gasteiger partial charge in [-0.2, -0.15) is 13.2 Å². The lowest BCUT2D eigenvalue weighted by Crippen LogP contribution is -2.47. The van der Waals surface area contributed by atoms with Crippen molar-refractivity contribution in [3.63, 3.8) is 0 Å². The van der Waals surface area contributed by atoms with Gasteiger partial charge in [-0.05, 0) is 75.4 Å². The van der Waals surface area contributed by atoms with Gasteiger partial charge >= 0.3 is 6.18 Å². The third-order valence-electron chi connectivity index (χ3n) is 8.38. The number of piperazine rings is 1. The van der Waals surface area contributed by atoms with E-state index in [0.717, 1.165) is 77.5 Å². The predicted molar refractivity (Wildman–Crippen MR) is 177 cm³/mol. The SMILES string of the molecule is CCN(CC)CCCN1CCN(c2ncc3ncnc(Nc4cc(C(=O)Nc5ccc(OC)c(C(F)(F)F)c5)ccc4C)c3n2)CC1. The Morgan fingerprint density at radius 1 is 1.02 bits per heavy atom. The van der Waals surface area contributed by atoms with Crippen LogP contribution < -0.4 is 20.3 Å². The van der Waals surface area contributed by atoms with Crippen LogP contribution in [0.1, 0.15) is 41.8 Å². The van der Waals surface area contributed by atoms with Gasteiger partial charge in [0.25, 0.3) is 5.91 Å². The molecule has 1 fully saturated rings. The lowest BCUT2D eigenvalue weighted by atomic mass is 10.1. The topological polar surface area (TPSA) is 112 Å². The summed E-state index contributed by atoms with van der Waals surface area (Å²) in [6.07, 6.45) is -0.403. The van der Waals surface area contributed by atoms with Gasteiger partial charge in [0, 0.05) is 43.1 Å². The zero-order valence-electron chi connectivity index (χ0n) is 27.1. The largest absolute Gasteiger partial charge is 0.496 e. The number of ether oxygens (including phenoxy) is 1. The van der Waals surface area contributed by atoms with E-state index in [4.69, 9.17) is 9.72 Å². The highest BCUT2D eigenvalue weighted by Crippen LogP contribution is 2.38. The number of halogens is 3. The summed E-state index contributed by atoms with van der Waals surface area (Å²) >= 11 is 0. The van der Waals surface area contributed by atoms with Gasteiger partial charge in [-0.1, -0.05) is 19.9 Å². The van der Waals surface area contributed by atoms with Crippen LogP contribution in [-0.2, 0) is 6.18 Å². The van der Waals surface area contributed by atoms with Crippen molar-refractivity contribution in [2.24, 2.45) is 0 Å². The number of nitrogens with zero attached hydrogens (tertiary/aromatic N) is 7. The second-order valence-corrected chi connectivity index (χ2v) is 11.4. The summed E-state index contributed by atoms with van der Waals surface area (Å²) < 4.78 is 45.3. The Bertz CT molecular complexity index is 1690. The summed E-state index contributed by atoms with van der Waals surface area (Å²) in [6.45, 7) is 14.1. The van der Waals surface area contributed by atoms with E-state index in [9.17, 15) is 18.0 Å². The number of hydrogen-bond acceptors (Lipinski definition) is 10. The minimum Gasteiger partial charge on any atom is -0.496 e. The minimum atomic E-state index is -4.64. The van der Waals surface area contributed by atoms with Crippen molar-refractivity contribution >= 4 is 40.1 Å². The highest BCUT2D eigenvalue weighted by molar-refractivity contribution is 6.05. The van der Waals surface area contributed by atoms with Gasteiger partial charge < -0.3 is 25.2 Å². The molecule has 2 aromatic heterocycles. The summed E-state index contributed by atoms with van der Waals surface area (Å²) in [7, 11) is 1.16. The first-order chi connectivity index (χ1) is 22.6. The second kappa shape index (κ2) is 14.9. The molecule has 5 rings (SSSR count). The van der Waals surface area contributed by atoms with Crippen molar-refractivity contribution in [1.82, 2.24) is 29.7 Å². The van der Waals surface area contributed by atoms with E-state index in [1.165, 1.54) is 18.5 Å². The summed E-state index contributed by atoms with van der Waals surface area (Å²) in [5.41, 5.74) is 1.76. The van der Waals surface area contributed by atoms with Gasteiger partial charge in [-0.3, -0.25) is 9.69 Å². The van der Waals surface area contributed by atoms with Crippen molar-refractivity contribution in [2.75, 3.05) is 75.0 Å². The highest BCUT2D eigenvalue weighted by atomic mass is 19.4. The maximum Gasteiger partial charge on any atom is 0.420 e. The number of alkyl halides is 3. The standard InChI is InChI=1S/C33H40F3N9O2/c1-5-43(6-2)12-7-13-44-14-16-45(17-15-44)32-37-20-27-29(42-32)30(39-21-38-27)41-26-18-23(9-8-22(26)3)31(46)40-24-10-11-28(47-4)25(19-24)33(34,35)36/h8-11,18-21H,5-7,12-17H2,1-4H3,(H,40,46)(H,38,39,41). The maximum absolute atomic E-state index is 13.5. The van der Waals surface area contributed by atoms with Crippen LogP contribution in [0.5, 0.6) is 5.75 Å². The zero-order valence-corrected chi connectivity index (χ0v) is 27.1. The van der Waals surface area contributed by atoms with Gasteiger partial charge in [0.05, 0.1) is 18.9 Å². The Balaban J connectivity index is 1.29. The molecular weight excluding hydrogens is 611 g/mol. The number of aromatic nitrogens is 4. The number of rotatable bonds is 12. The quantitative estimate of drug-likeness (QED) is 0.201. The second-order valence-electron chi connectivity index (χ2n) is 11.4. The molecular formula is C33H40F3N9O2. The molecule has 11 nitrogen and oxygen atoms in total. The van der Waals surface area contributed by atoms with Crippen LogP contribution in [0.2, 0.25) is 0 Å². The van der Waals surface area contributed by atoms with Crippen molar-refractivity contribution in [3.8, 4) is 5.75 Å². The van der Waals surface area contributed by atoms with Crippen LogP contribution in [-0.4, -0.2) is 95.1 Å². The summed E-state index contributed by atoms with van der Waals surface area (Å²) in [5, 5.41) is 5.83. The fourth-order valence-electron chi connectivity index (χ4n) is 5.55. The fraction of sp³-hybridized carbons (Fsp3) is 0.424. The summed E-state index contributed by atoms with van der Waals surface area (Å²) in [4.78, 5) is 38.4. The Labute approximate surface area is 272 Å². The molecule has 2 aromatic carbocycles. The first kappa shape index (κ1) is 33.8. The van der Waals surface area contributed by atoms with E-state index < -0.39 is 17.6 Å². The maximum atomic E-state index is 13.5. The van der Waals surface area contributed by atoms with Crippen LogP contribution >= 0.6 is 0 Å². The van der Waals surface area contributed by atoms with Crippen molar-refractivity contribution in [3.05, 3.63) is 65.6 Å². The third kappa shape index (κ3) is 8.24. The first-order valence-electron chi connectivity index (χ1n) is 15.7. The van der Waals surface area contributed by atoms with Crippen LogP contribution in [0, 0.1) is 6.92 Å². The van der Waals surface area contributed by atoms with E-state index in [2.05, 4.69) is 54.1 Å². The Morgan fingerprint density at radius 3 is 2.49 bits per heavy atom. The van der Waals surface area contributed by atoms with Crippen LogP contribution in [0.3, 0.4) is 0 Å². The molecule has 0 radical (unpaired) electrons. The molecule has 2 N–H and O–H groups in total. The molecule has 0 spiro atoms. The summed E-state index contributed by atoms with van der Waals surface area (Å²) in [5.74, 6) is 0.140. The molecule has 47 heavy (non-hydrogen) atoms. The van der Waals surface area contributed by atoms with Crippen molar-refractivity contribution < 1.29 is 22.7 Å². The Morgan fingerprint density at radius 2 is 1.79 bits per heavy atom. The third-order valence-corrected chi connectivity index (χ3v) is 8.38. The minimum absolute atomic E-state index is 0.00954. The molecule has 1 saturated heterocycles. The number of carbonyl (C=O) groups excluding carboxylic acids is 1. The van der Waals surface area contributed by atoms with Gasteiger partial charge in [0.1, 0.15) is 23.1 Å². The molecule has 0 atom stereocenters. The number of nitrogens with one attached hydrogen (secondary N) is 2. The molecule has 14 heteroatoms. The molecule has 0 bridgehead atoms. The number of hydrogen-bond donors (Lipinski definition) is 2. The van der Waals surface area contributed by atoms with Crippen LogP contribution in [0.4, 0.5) is 36.3 Å². The van der Waals surface area contributed by atoms with Gasteiger partial charge in [0.2, 0.25) is 5.95 Å². The smallest absolute Gasteiger partial charge is 0.420 e. The molecule has 0 saturated carbocycles. The lowest BCUT2D eigenvalue weighted by Gasteiger charge is -2.35. The van der Waals surface area contributed by atoms with E-state index in [1.54, 1.807) is 24.4 Å². The molecule has 0 aliphatic carbocycles. The van der Waals surface area contributed by atoms with Crippen molar-refractivity contribution in [2.45, 2.75) is 33.4 Å². The molecule has 1 aliphatic rings. The monoisotopic (exact) mass is 651 g/mol. The molecule has 0 unspecified atom stereocenters. The number of carbonyl (C=O) groups is 1. The number of aryl methyl sites for hydroxylation is 1. The molecule has 3 heterocycles. The number of anilines is 4. The normalized spacial score (nSPS) is 14.1. The van der Waals surface area contributed by atoms with E-state index in [1.807, 2.05) is 6.92 Å². The zero-order chi connectivity index (χ0) is 33.6. The number of benzene rings is 2. The average molecular weight is 652 g/mol. The van der Waals surface area contributed by atoms with Crippen LogP contribution in [0.25, 0.3) is 11.0 Å². The predicted octanol–water partition coefficient (Wildman–Crippen LogP) is 5.61. The number of amides is 1. The van der Waals surface area contributed by atoms with Gasteiger partial charge in [0.15, 0.2) is 5.82 Å².